The SMILES string of the molecule is CN(C)C12CC1(C(=O)O)C2. The van der Waals surface area contributed by atoms with Gasteiger partial charge < -0.3 is 10.0 Å². The molecule has 0 aliphatic heterocycles. The third-order valence-corrected chi connectivity index (χ3v) is 3.09. The molecule has 2 fully saturated rings. The Labute approximate surface area is 59.6 Å². The highest BCUT2D eigenvalue weighted by atomic mass is 16.4. The Balaban J connectivity index is 2.15. The first-order valence-electron chi connectivity index (χ1n) is 3.46. The highest BCUT2D eigenvalue weighted by molar-refractivity contribution is 5.87. The average Bonchev–Trinajstić information content (AvgIpc) is 2.41. The molecule has 0 aromatic heterocycles. The molecule has 0 atom stereocenters. The van der Waals surface area contributed by atoms with E-state index in [1.165, 1.54) is 0 Å². The van der Waals surface area contributed by atoms with Gasteiger partial charge in [0.05, 0.1) is 5.41 Å². The normalized spacial score (nSPS) is 48.7. The highest BCUT2D eigenvalue weighted by Crippen LogP contribution is 2.80. The molecule has 0 aromatic carbocycles. The van der Waals surface area contributed by atoms with Gasteiger partial charge in [-0.1, -0.05) is 0 Å². The van der Waals surface area contributed by atoms with Crippen molar-refractivity contribution in [2.75, 3.05) is 14.1 Å². The number of rotatable bonds is 2. The quantitative estimate of drug-likeness (QED) is 0.595. The lowest BCUT2D eigenvalue weighted by Gasteiger charge is -2.10. The van der Waals surface area contributed by atoms with Gasteiger partial charge in [0.1, 0.15) is 0 Å². The van der Waals surface area contributed by atoms with Gasteiger partial charge in [-0.15, -0.1) is 0 Å². The molecular weight excluding hydrogens is 130 g/mol. The van der Waals surface area contributed by atoms with Crippen LogP contribution in [-0.4, -0.2) is 35.6 Å². The smallest absolute Gasteiger partial charge is 0.311 e. The second-order valence-corrected chi connectivity index (χ2v) is 3.67. The van der Waals surface area contributed by atoms with Gasteiger partial charge in [-0.3, -0.25) is 4.79 Å². The van der Waals surface area contributed by atoms with E-state index >= 15 is 0 Å². The van der Waals surface area contributed by atoms with E-state index in [-0.39, 0.29) is 11.0 Å². The number of hydrogen-bond acceptors (Lipinski definition) is 2. The summed E-state index contributed by atoms with van der Waals surface area (Å²) in [6.07, 6.45) is 1.73. The van der Waals surface area contributed by atoms with Crippen LogP contribution >= 0.6 is 0 Å². The number of carboxylic acid groups (broad SMARTS) is 1. The van der Waals surface area contributed by atoms with Crippen LogP contribution in [-0.2, 0) is 4.79 Å². The van der Waals surface area contributed by atoms with Gasteiger partial charge in [0, 0.05) is 5.54 Å². The molecule has 56 valence electrons. The summed E-state index contributed by atoms with van der Waals surface area (Å²) in [6, 6.07) is 0. The largest absolute Gasteiger partial charge is 0.481 e. The number of carboxylic acids is 1. The zero-order valence-electron chi connectivity index (χ0n) is 6.22. The molecule has 0 spiro atoms. The molecule has 0 saturated heterocycles. The maximum absolute atomic E-state index is 10.6. The molecule has 0 radical (unpaired) electrons. The molecule has 0 unspecified atom stereocenters. The predicted octanol–water partition coefficient (Wildman–Crippen LogP) is 0.165. The van der Waals surface area contributed by atoms with E-state index in [0.717, 1.165) is 12.8 Å². The van der Waals surface area contributed by atoms with Crippen LogP contribution in [0.15, 0.2) is 0 Å². The fraction of sp³-hybridized carbons (Fsp3) is 0.857. The summed E-state index contributed by atoms with van der Waals surface area (Å²) in [5.41, 5.74) is -0.255. The summed E-state index contributed by atoms with van der Waals surface area (Å²) in [6.45, 7) is 0. The molecule has 0 bridgehead atoms. The fourth-order valence-electron chi connectivity index (χ4n) is 1.95. The Morgan fingerprint density at radius 2 is 2.00 bits per heavy atom. The van der Waals surface area contributed by atoms with Crippen molar-refractivity contribution in [2.24, 2.45) is 5.41 Å². The molecule has 3 heteroatoms. The molecule has 2 aliphatic carbocycles. The van der Waals surface area contributed by atoms with Crippen LogP contribution in [0.4, 0.5) is 0 Å². The molecule has 2 saturated carbocycles. The Hall–Kier alpha value is -0.570. The van der Waals surface area contributed by atoms with Crippen molar-refractivity contribution < 1.29 is 9.90 Å². The Morgan fingerprint density at radius 3 is 2.10 bits per heavy atom. The minimum Gasteiger partial charge on any atom is -0.481 e. The van der Waals surface area contributed by atoms with E-state index in [4.69, 9.17) is 5.11 Å². The molecule has 0 heterocycles. The predicted molar refractivity (Wildman–Crippen MR) is 35.7 cm³/mol. The van der Waals surface area contributed by atoms with Crippen LogP contribution in [0.1, 0.15) is 12.8 Å². The molecule has 1 N–H and O–H groups in total. The summed E-state index contributed by atoms with van der Waals surface area (Å²) in [4.78, 5) is 12.7. The maximum Gasteiger partial charge on any atom is 0.311 e. The van der Waals surface area contributed by atoms with Crippen molar-refractivity contribution in [1.29, 1.82) is 0 Å². The van der Waals surface area contributed by atoms with E-state index in [1.807, 2.05) is 19.0 Å². The summed E-state index contributed by atoms with van der Waals surface area (Å²) in [5, 5.41) is 8.74. The second kappa shape index (κ2) is 1.23. The Morgan fingerprint density at radius 1 is 1.50 bits per heavy atom. The monoisotopic (exact) mass is 141 g/mol. The summed E-state index contributed by atoms with van der Waals surface area (Å²) >= 11 is 0. The van der Waals surface area contributed by atoms with Crippen molar-refractivity contribution in [2.45, 2.75) is 18.4 Å². The third-order valence-electron chi connectivity index (χ3n) is 3.09. The topological polar surface area (TPSA) is 40.5 Å². The van der Waals surface area contributed by atoms with Gasteiger partial charge >= 0.3 is 5.97 Å². The number of nitrogens with zero attached hydrogens (tertiary/aromatic N) is 1. The van der Waals surface area contributed by atoms with Crippen LogP contribution in [0, 0.1) is 5.41 Å². The number of fused-ring (bicyclic) bond motifs is 1. The molecule has 2 rings (SSSR count). The van der Waals surface area contributed by atoms with Gasteiger partial charge in [-0.25, -0.2) is 0 Å². The first kappa shape index (κ1) is 6.16. The van der Waals surface area contributed by atoms with E-state index in [0.29, 0.717) is 0 Å². The van der Waals surface area contributed by atoms with Crippen molar-refractivity contribution in [1.82, 2.24) is 4.90 Å². The first-order valence-corrected chi connectivity index (χ1v) is 3.46. The van der Waals surface area contributed by atoms with Gasteiger partial charge in [-0.2, -0.15) is 0 Å². The van der Waals surface area contributed by atoms with Gasteiger partial charge in [0.2, 0.25) is 0 Å². The molecule has 2 aliphatic rings. The average molecular weight is 141 g/mol. The van der Waals surface area contributed by atoms with E-state index in [2.05, 4.69) is 0 Å². The van der Waals surface area contributed by atoms with Crippen molar-refractivity contribution >= 4 is 5.97 Å². The molecule has 3 nitrogen and oxygen atoms in total. The van der Waals surface area contributed by atoms with E-state index < -0.39 is 5.97 Å². The second-order valence-electron chi connectivity index (χ2n) is 3.67. The summed E-state index contributed by atoms with van der Waals surface area (Å²) < 4.78 is 0. The number of aliphatic carboxylic acids is 1. The van der Waals surface area contributed by atoms with Gasteiger partial charge in [-0.05, 0) is 26.9 Å². The number of hydrogen-bond donors (Lipinski definition) is 1. The summed E-state index contributed by atoms with van der Waals surface area (Å²) in [7, 11) is 3.91. The van der Waals surface area contributed by atoms with Crippen LogP contribution in [0.5, 0.6) is 0 Å². The highest BCUT2D eigenvalue weighted by Gasteiger charge is 2.89. The first-order chi connectivity index (χ1) is 4.55. The van der Waals surface area contributed by atoms with Crippen LogP contribution in [0.3, 0.4) is 0 Å². The van der Waals surface area contributed by atoms with Crippen molar-refractivity contribution in [3.8, 4) is 0 Å². The van der Waals surface area contributed by atoms with Crippen LogP contribution in [0.25, 0.3) is 0 Å². The standard InChI is InChI=1S/C7H11NO2/c1-8(2)7-3-6(7,4-7)5(9)10/h3-4H2,1-2H3,(H,9,10). The molecule has 10 heavy (non-hydrogen) atoms. The lowest BCUT2D eigenvalue weighted by molar-refractivity contribution is -0.140. The van der Waals surface area contributed by atoms with Gasteiger partial charge in [0.25, 0.3) is 0 Å². The third kappa shape index (κ3) is 0.380. The lowest BCUT2D eigenvalue weighted by atomic mass is 10.2. The zero-order valence-corrected chi connectivity index (χ0v) is 6.22. The molecular formula is C7H11NO2. The minimum atomic E-state index is -0.610. The maximum atomic E-state index is 10.6. The molecule has 0 amide bonds. The van der Waals surface area contributed by atoms with Crippen LogP contribution in [0.2, 0.25) is 0 Å². The van der Waals surface area contributed by atoms with E-state index in [1.54, 1.807) is 0 Å². The van der Waals surface area contributed by atoms with Crippen LogP contribution < -0.4 is 0 Å². The molecule has 0 aromatic rings. The zero-order chi connectivity index (χ0) is 7.57. The Bertz CT molecular complexity index is 204. The van der Waals surface area contributed by atoms with Gasteiger partial charge in [0.15, 0.2) is 0 Å². The fourth-order valence-corrected chi connectivity index (χ4v) is 1.95. The van der Waals surface area contributed by atoms with E-state index in [9.17, 15) is 4.79 Å². The lowest BCUT2D eigenvalue weighted by Crippen LogP contribution is -2.21. The van der Waals surface area contributed by atoms with Crippen molar-refractivity contribution in [3.63, 3.8) is 0 Å². The van der Waals surface area contributed by atoms with Crippen molar-refractivity contribution in [3.05, 3.63) is 0 Å². The summed E-state index contributed by atoms with van der Waals surface area (Å²) in [5.74, 6) is -0.610. The Kier molecular flexibility index (Phi) is 0.759. The minimum absolute atomic E-state index is 0.0683. The number of carbonyl (C=O) groups is 1.